The molecule has 0 saturated heterocycles. The van der Waals surface area contributed by atoms with Gasteiger partial charge in [-0.15, -0.1) is 0 Å². The quantitative estimate of drug-likeness (QED) is 0.409. The molecule has 0 fully saturated rings. The molecule has 33 heavy (non-hydrogen) atoms. The summed E-state index contributed by atoms with van der Waals surface area (Å²) in [5.41, 5.74) is 1.98. The van der Waals surface area contributed by atoms with E-state index in [1.807, 2.05) is 49.5 Å². The van der Waals surface area contributed by atoms with E-state index in [0.717, 1.165) is 22.4 Å². The van der Waals surface area contributed by atoms with Gasteiger partial charge in [0.25, 0.3) is 0 Å². The first-order valence-electron chi connectivity index (χ1n) is 10.7. The molecule has 6 nitrogen and oxygen atoms in total. The molecule has 0 aliphatic carbocycles. The molecule has 0 aliphatic rings. The lowest BCUT2D eigenvalue weighted by Gasteiger charge is -2.16. The Morgan fingerprint density at radius 3 is 2.39 bits per heavy atom. The van der Waals surface area contributed by atoms with Crippen LogP contribution in [0.1, 0.15) is 11.1 Å². The fourth-order valence-electron chi connectivity index (χ4n) is 4.22. The molecular formula is C27H22NO5+. The summed E-state index contributed by atoms with van der Waals surface area (Å²) in [6.07, 6.45) is 0. The fourth-order valence-corrected chi connectivity index (χ4v) is 4.22. The molecule has 6 heteroatoms. The number of quaternary nitrogens is 1. The highest BCUT2D eigenvalue weighted by atomic mass is 16.4. The van der Waals surface area contributed by atoms with E-state index in [1.165, 1.54) is 6.07 Å². The van der Waals surface area contributed by atoms with Gasteiger partial charge in [0.05, 0.1) is 18.2 Å². The van der Waals surface area contributed by atoms with Crippen LogP contribution in [0.25, 0.3) is 33.1 Å². The van der Waals surface area contributed by atoms with Gasteiger partial charge < -0.3 is 18.8 Å². The lowest BCUT2D eigenvalue weighted by Crippen LogP contribution is -3.06. The van der Waals surface area contributed by atoms with Gasteiger partial charge in [-0.3, -0.25) is 0 Å². The SMILES string of the molecule is C[NH+](Cc1ccccc1)Cc1c(O)ccc2c(-c3cc4ccccc4oc3=O)cc(=O)oc12. The van der Waals surface area contributed by atoms with Crippen molar-refractivity contribution in [2.24, 2.45) is 0 Å². The lowest BCUT2D eigenvalue weighted by atomic mass is 9.99. The molecule has 1 unspecified atom stereocenters. The first-order chi connectivity index (χ1) is 16.0. The highest BCUT2D eigenvalue weighted by Gasteiger charge is 2.20. The Kier molecular flexibility index (Phi) is 5.28. The average Bonchev–Trinajstić information content (AvgIpc) is 2.81. The van der Waals surface area contributed by atoms with Crippen molar-refractivity contribution in [2.75, 3.05) is 7.05 Å². The minimum atomic E-state index is -0.599. The second kappa shape index (κ2) is 8.41. The van der Waals surface area contributed by atoms with Crippen LogP contribution in [0.5, 0.6) is 5.75 Å². The summed E-state index contributed by atoms with van der Waals surface area (Å²) >= 11 is 0. The zero-order chi connectivity index (χ0) is 22.9. The third-order valence-electron chi connectivity index (χ3n) is 5.75. The van der Waals surface area contributed by atoms with Gasteiger partial charge in [0.2, 0.25) is 0 Å². The normalized spacial score (nSPS) is 12.3. The number of fused-ring (bicyclic) bond motifs is 2. The van der Waals surface area contributed by atoms with Crippen LogP contribution < -0.4 is 16.2 Å². The van der Waals surface area contributed by atoms with Crippen molar-refractivity contribution in [3.63, 3.8) is 0 Å². The van der Waals surface area contributed by atoms with Crippen molar-refractivity contribution in [3.8, 4) is 16.9 Å². The molecule has 1 atom stereocenters. The van der Waals surface area contributed by atoms with Crippen LogP contribution in [0.4, 0.5) is 0 Å². The number of rotatable bonds is 5. The predicted molar refractivity (Wildman–Crippen MR) is 126 cm³/mol. The monoisotopic (exact) mass is 440 g/mol. The minimum Gasteiger partial charge on any atom is -0.507 e. The van der Waals surface area contributed by atoms with Crippen molar-refractivity contribution in [3.05, 3.63) is 111 Å². The zero-order valence-corrected chi connectivity index (χ0v) is 18.0. The summed E-state index contributed by atoms with van der Waals surface area (Å²) in [5, 5.41) is 11.9. The lowest BCUT2D eigenvalue weighted by molar-refractivity contribution is -0.907. The third kappa shape index (κ3) is 4.04. The van der Waals surface area contributed by atoms with Crippen LogP contribution in [0, 0.1) is 0 Å². The smallest absolute Gasteiger partial charge is 0.344 e. The second-order valence-electron chi connectivity index (χ2n) is 8.20. The average molecular weight is 440 g/mol. The standard InChI is InChI=1S/C27H21NO5/c1-28(15-17-7-3-2-4-8-17)16-22-23(29)12-11-19-20(14-25(30)33-26(19)22)21-13-18-9-5-6-10-24(18)32-27(21)31/h2-14,29H,15-16H2,1H3/p+1. The molecule has 2 aromatic heterocycles. The molecule has 164 valence electrons. The van der Waals surface area contributed by atoms with Crippen LogP contribution in [0.3, 0.4) is 0 Å². The van der Waals surface area contributed by atoms with E-state index in [1.54, 1.807) is 30.3 Å². The van der Waals surface area contributed by atoms with Gasteiger partial charge in [-0.2, -0.15) is 0 Å². The van der Waals surface area contributed by atoms with Gasteiger partial charge in [0, 0.05) is 28.0 Å². The Morgan fingerprint density at radius 2 is 1.58 bits per heavy atom. The molecule has 2 N–H and O–H groups in total. The Balaban J connectivity index is 1.64. The number of hydrogen-bond acceptors (Lipinski definition) is 5. The van der Waals surface area contributed by atoms with Gasteiger partial charge in [-0.05, 0) is 24.3 Å². The second-order valence-corrected chi connectivity index (χ2v) is 8.20. The van der Waals surface area contributed by atoms with Crippen molar-refractivity contribution >= 4 is 21.9 Å². The van der Waals surface area contributed by atoms with Crippen molar-refractivity contribution in [1.29, 1.82) is 0 Å². The van der Waals surface area contributed by atoms with E-state index in [4.69, 9.17) is 8.83 Å². The minimum absolute atomic E-state index is 0.0424. The molecule has 0 radical (unpaired) electrons. The molecule has 0 bridgehead atoms. The highest BCUT2D eigenvalue weighted by Crippen LogP contribution is 2.32. The first-order valence-corrected chi connectivity index (χ1v) is 10.7. The van der Waals surface area contributed by atoms with Crippen molar-refractivity contribution < 1.29 is 18.8 Å². The number of hydrogen-bond donors (Lipinski definition) is 2. The molecule has 5 aromatic rings. The molecule has 0 saturated carbocycles. The molecule has 0 amide bonds. The molecular weight excluding hydrogens is 418 g/mol. The van der Waals surface area contributed by atoms with E-state index < -0.39 is 11.3 Å². The number of aromatic hydroxyl groups is 1. The van der Waals surface area contributed by atoms with Gasteiger partial charge in [0.15, 0.2) is 5.58 Å². The summed E-state index contributed by atoms with van der Waals surface area (Å²) in [6, 6.07) is 23.5. The Morgan fingerprint density at radius 1 is 0.818 bits per heavy atom. The Hall–Kier alpha value is -4.16. The maximum atomic E-state index is 12.8. The fraction of sp³-hybridized carbons (Fsp3) is 0.111. The van der Waals surface area contributed by atoms with E-state index in [0.29, 0.717) is 28.6 Å². The Labute approximate surface area is 188 Å². The van der Waals surface area contributed by atoms with E-state index in [9.17, 15) is 14.7 Å². The molecule has 3 aromatic carbocycles. The van der Waals surface area contributed by atoms with E-state index in [2.05, 4.69) is 0 Å². The summed E-state index contributed by atoms with van der Waals surface area (Å²) < 4.78 is 11.0. The number of benzene rings is 3. The van der Waals surface area contributed by atoms with Gasteiger partial charge in [0.1, 0.15) is 24.4 Å². The summed E-state index contributed by atoms with van der Waals surface area (Å²) in [6.45, 7) is 1.16. The van der Waals surface area contributed by atoms with Gasteiger partial charge in [-0.25, -0.2) is 9.59 Å². The predicted octanol–water partition coefficient (Wildman–Crippen LogP) is 3.49. The van der Waals surface area contributed by atoms with E-state index >= 15 is 0 Å². The maximum Gasteiger partial charge on any atom is 0.344 e. The highest BCUT2D eigenvalue weighted by molar-refractivity contribution is 5.96. The van der Waals surface area contributed by atoms with Crippen molar-refractivity contribution in [2.45, 2.75) is 13.1 Å². The Bertz CT molecular complexity index is 1580. The van der Waals surface area contributed by atoms with E-state index in [-0.39, 0.29) is 16.9 Å². The summed E-state index contributed by atoms with van der Waals surface area (Å²) in [7, 11) is 2.01. The van der Waals surface area contributed by atoms with Crippen LogP contribution in [-0.2, 0) is 13.1 Å². The molecule has 0 aliphatic heterocycles. The molecule has 2 heterocycles. The molecule has 5 rings (SSSR count). The zero-order valence-electron chi connectivity index (χ0n) is 18.0. The van der Waals surface area contributed by atoms with Crippen LogP contribution in [-0.4, -0.2) is 12.2 Å². The number of nitrogens with one attached hydrogen (secondary N) is 1. The van der Waals surface area contributed by atoms with Crippen LogP contribution >= 0.6 is 0 Å². The van der Waals surface area contributed by atoms with Crippen LogP contribution in [0.2, 0.25) is 0 Å². The topological polar surface area (TPSA) is 85.1 Å². The number of phenols is 1. The summed E-state index contributed by atoms with van der Waals surface area (Å²) in [5.74, 6) is 0.0424. The third-order valence-corrected chi connectivity index (χ3v) is 5.75. The largest absolute Gasteiger partial charge is 0.507 e. The number of phenolic OH excluding ortho intramolecular Hbond substituents is 1. The van der Waals surface area contributed by atoms with Crippen molar-refractivity contribution in [1.82, 2.24) is 0 Å². The maximum absolute atomic E-state index is 12.8. The van der Waals surface area contributed by atoms with Gasteiger partial charge in [-0.1, -0.05) is 48.5 Å². The first kappa shape index (κ1) is 20.7. The summed E-state index contributed by atoms with van der Waals surface area (Å²) in [4.78, 5) is 26.4. The van der Waals surface area contributed by atoms with Gasteiger partial charge >= 0.3 is 11.3 Å². The van der Waals surface area contributed by atoms with Crippen LogP contribution in [0.15, 0.2) is 97.3 Å². The molecule has 0 spiro atoms. The number of para-hydroxylation sites is 1.